The Morgan fingerprint density at radius 2 is 2.26 bits per heavy atom. The van der Waals surface area contributed by atoms with Crippen LogP contribution < -0.4 is 11.3 Å². The molecule has 9 heteroatoms. The van der Waals surface area contributed by atoms with Crippen LogP contribution in [0.3, 0.4) is 0 Å². The molecule has 0 saturated heterocycles. The number of nitrogens with two attached hydrogens (primary N) is 1. The SMILES string of the molecule is Cc1cn2c(=O)cc(CSc3nnc(N)s3)nc2s1. The van der Waals surface area contributed by atoms with Gasteiger partial charge in [-0.25, -0.2) is 4.98 Å². The van der Waals surface area contributed by atoms with Gasteiger partial charge < -0.3 is 5.73 Å². The molecule has 0 atom stereocenters. The van der Waals surface area contributed by atoms with Gasteiger partial charge in [-0.15, -0.1) is 21.5 Å². The summed E-state index contributed by atoms with van der Waals surface area (Å²) >= 11 is 4.31. The van der Waals surface area contributed by atoms with Crippen molar-refractivity contribution in [3.63, 3.8) is 0 Å². The molecule has 6 nitrogen and oxygen atoms in total. The van der Waals surface area contributed by atoms with E-state index < -0.39 is 0 Å². The highest BCUT2D eigenvalue weighted by atomic mass is 32.2. The smallest absolute Gasteiger partial charge is 0.258 e. The van der Waals surface area contributed by atoms with Crippen LogP contribution in [-0.4, -0.2) is 19.6 Å². The monoisotopic (exact) mass is 311 g/mol. The average Bonchev–Trinajstić information content (AvgIpc) is 2.92. The van der Waals surface area contributed by atoms with Crippen molar-refractivity contribution in [1.29, 1.82) is 0 Å². The summed E-state index contributed by atoms with van der Waals surface area (Å²) in [5.41, 5.74) is 6.20. The van der Waals surface area contributed by atoms with Gasteiger partial charge in [-0.3, -0.25) is 9.20 Å². The van der Waals surface area contributed by atoms with Crippen LogP contribution in [0.25, 0.3) is 4.96 Å². The highest BCUT2D eigenvalue weighted by Crippen LogP contribution is 2.26. The van der Waals surface area contributed by atoms with Crippen molar-refractivity contribution in [1.82, 2.24) is 19.6 Å². The van der Waals surface area contributed by atoms with Gasteiger partial charge in [-0.2, -0.15) is 0 Å². The van der Waals surface area contributed by atoms with Crippen LogP contribution in [0.4, 0.5) is 5.13 Å². The molecule has 19 heavy (non-hydrogen) atoms. The van der Waals surface area contributed by atoms with E-state index >= 15 is 0 Å². The van der Waals surface area contributed by atoms with E-state index in [-0.39, 0.29) is 5.56 Å². The molecule has 0 aromatic carbocycles. The fourth-order valence-corrected chi connectivity index (χ4v) is 3.93. The van der Waals surface area contributed by atoms with Gasteiger partial charge in [0.15, 0.2) is 9.30 Å². The van der Waals surface area contributed by atoms with Gasteiger partial charge >= 0.3 is 0 Å². The molecule has 0 aliphatic carbocycles. The first-order valence-electron chi connectivity index (χ1n) is 5.32. The number of thiazole rings is 1. The zero-order valence-electron chi connectivity index (χ0n) is 9.86. The molecule has 0 unspecified atom stereocenters. The lowest BCUT2D eigenvalue weighted by Crippen LogP contribution is -2.12. The maximum atomic E-state index is 11.9. The lowest BCUT2D eigenvalue weighted by Gasteiger charge is -1.98. The highest BCUT2D eigenvalue weighted by Gasteiger charge is 2.07. The van der Waals surface area contributed by atoms with Gasteiger partial charge in [-0.05, 0) is 6.92 Å². The van der Waals surface area contributed by atoms with E-state index in [0.717, 1.165) is 19.9 Å². The lowest BCUT2D eigenvalue weighted by atomic mass is 10.4. The van der Waals surface area contributed by atoms with E-state index in [2.05, 4.69) is 15.2 Å². The van der Waals surface area contributed by atoms with Crippen molar-refractivity contribution in [2.45, 2.75) is 17.0 Å². The zero-order valence-corrected chi connectivity index (χ0v) is 12.3. The molecule has 0 radical (unpaired) electrons. The average molecular weight is 311 g/mol. The van der Waals surface area contributed by atoms with Gasteiger partial charge in [0.1, 0.15) is 0 Å². The van der Waals surface area contributed by atoms with Gasteiger partial charge in [0.05, 0.1) is 5.69 Å². The quantitative estimate of drug-likeness (QED) is 0.742. The lowest BCUT2D eigenvalue weighted by molar-refractivity contribution is 1.01. The Morgan fingerprint density at radius 3 is 3.00 bits per heavy atom. The molecule has 0 aliphatic heterocycles. The number of rotatable bonds is 3. The number of nitrogen functional groups attached to an aromatic ring is 1. The number of aryl methyl sites for hydroxylation is 1. The Bertz CT molecular complexity index is 790. The minimum Gasteiger partial charge on any atom is -0.374 e. The molecule has 0 bridgehead atoms. The van der Waals surface area contributed by atoms with Crippen molar-refractivity contribution in [2.24, 2.45) is 0 Å². The third-order valence-corrected chi connectivity index (χ3v) is 5.12. The van der Waals surface area contributed by atoms with Gasteiger partial charge in [-0.1, -0.05) is 23.1 Å². The molecule has 0 spiro atoms. The summed E-state index contributed by atoms with van der Waals surface area (Å²) in [7, 11) is 0. The number of anilines is 1. The first-order chi connectivity index (χ1) is 9.11. The Labute approximate surface area is 120 Å². The minimum absolute atomic E-state index is 0.0540. The Morgan fingerprint density at radius 1 is 1.42 bits per heavy atom. The first kappa shape index (κ1) is 12.6. The maximum Gasteiger partial charge on any atom is 0.258 e. The van der Waals surface area contributed by atoms with Crippen molar-refractivity contribution in [3.8, 4) is 0 Å². The molecule has 0 aliphatic rings. The van der Waals surface area contributed by atoms with E-state index in [9.17, 15) is 4.79 Å². The minimum atomic E-state index is -0.0540. The summed E-state index contributed by atoms with van der Waals surface area (Å²) in [5.74, 6) is 0.581. The van der Waals surface area contributed by atoms with Crippen LogP contribution in [0.15, 0.2) is 21.4 Å². The van der Waals surface area contributed by atoms with E-state index in [4.69, 9.17) is 5.73 Å². The number of hydrogen-bond acceptors (Lipinski definition) is 8. The van der Waals surface area contributed by atoms with Crippen molar-refractivity contribution < 1.29 is 0 Å². The third-order valence-electron chi connectivity index (χ3n) is 2.30. The number of fused-ring (bicyclic) bond motifs is 1. The van der Waals surface area contributed by atoms with Gasteiger partial charge in [0.25, 0.3) is 5.56 Å². The summed E-state index contributed by atoms with van der Waals surface area (Å²) < 4.78 is 2.35. The van der Waals surface area contributed by atoms with Crippen molar-refractivity contribution in [2.75, 3.05) is 5.73 Å². The molecular formula is C10H9N5OS3. The molecule has 3 aromatic rings. The second-order valence-corrected chi connectivity index (χ2v) is 7.22. The van der Waals surface area contributed by atoms with Crippen molar-refractivity contribution >= 4 is 44.5 Å². The summed E-state index contributed by atoms with van der Waals surface area (Å²) in [4.78, 5) is 18.1. The summed E-state index contributed by atoms with van der Waals surface area (Å²) in [5, 5.41) is 8.10. The molecule has 98 valence electrons. The standard InChI is InChI=1S/C10H9N5OS3/c1-5-3-15-7(16)2-6(12-9(15)18-5)4-17-10-14-13-8(11)19-10/h2-3H,4H2,1H3,(H2,11,13). The molecule has 0 amide bonds. The Hall–Kier alpha value is -1.45. The molecule has 3 rings (SSSR count). The van der Waals surface area contributed by atoms with E-state index in [1.165, 1.54) is 34.4 Å². The second-order valence-electron chi connectivity index (χ2n) is 3.77. The molecule has 2 N–H and O–H groups in total. The molecule has 3 aromatic heterocycles. The molecule has 3 heterocycles. The first-order valence-corrected chi connectivity index (χ1v) is 7.94. The normalized spacial score (nSPS) is 11.2. The van der Waals surface area contributed by atoms with E-state index in [1.807, 2.05) is 6.92 Å². The largest absolute Gasteiger partial charge is 0.374 e. The van der Waals surface area contributed by atoms with E-state index in [0.29, 0.717) is 10.9 Å². The third kappa shape index (κ3) is 2.62. The summed E-state index contributed by atoms with van der Waals surface area (Å²) in [6, 6.07) is 1.55. The molecular weight excluding hydrogens is 302 g/mol. The topological polar surface area (TPSA) is 86.2 Å². The number of nitrogens with zero attached hydrogens (tertiary/aromatic N) is 4. The van der Waals surface area contributed by atoms with Crippen LogP contribution in [0.5, 0.6) is 0 Å². The van der Waals surface area contributed by atoms with Gasteiger partial charge in [0, 0.05) is 22.9 Å². The fourth-order valence-electron chi connectivity index (χ4n) is 1.55. The molecule has 0 fully saturated rings. The predicted octanol–water partition coefficient (Wildman–Crippen LogP) is 1.79. The van der Waals surface area contributed by atoms with E-state index in [1.54, 1.807) is 16.7 Å². The Kier molecular flexibility index (Phi) is 3.25. The van der Waals surface area contributed by atoms with Crippen LogP contribution >= 0.6 is 34.4 Å². The highest BCUT2D eigenvalue weighted by molar-refractivity contribution is 8.00. The zero-order chi connectivity index (χ0) is 13.4. The summed E-state index contributed by atoms with van der Waals surface area (Å²) in [6.45, 7) is 1.96. The van der Waals surface area contributed by atoms with Crippen molar-refractivity contribution in [3.05, 3.63) is 33.2 Å². The number of aromatic nitrogens is 4. The predicted molar refractivity (Wildman–Crippen MR) is 78.0 cm³/mol. The van der Waals surface area contributed by atoms with Crippen LogP contribution in [0.1, 0.15) is 10.6 Å². The molecule has 0 saturated carbocycles. The van der Waals surface area contributed by atoms with Crippen LogP contribution in [0.2, 0.25) is 0 Å². The second kappa shape index (κ2) is 4.91. The summed E-state index contributed by atoms with van der Waals surface area (Å²) in [6.07, 6.45) is 1.80. The van der Waals surface area contributed by atoms with Crippen LogP contribution in [0, 0.1) is 6.92 Å². The Balaban J connectivity index is 1.87. The number of thioether (sulfide) groups is 1. The maximum absolute atomic E-state index is 11.9. The van der Waals surface area contributed by atoms with Gasteiger partial charge in [0.2, 0.25) is 5.13 Å². The van der Waals surface area contributed by atoms with Crippen LogP contribution in [-0.2, 0) is 5.75 Å². The number of hydrogen-bond donors (Lipinski definition) is 1. The fraction of sp³-hybridized carbons (Fsp3) is 0.200.